The number of hydrogen-bond acceptors (Lipinski definition) is 5. The van der Waals surface area contributed by atoms with Gasteiger partial charge in [0.15, 0.2) is 6.61 Å². The zero-order chi connectivity index (χ0) is 15.0. The molecule has 1 fully saturated rings. The van der Waals surface area contributed by atoms with Gasteiger partial charge in [0, 0.05) is 23.5 Å². The van der Waals surface area contributed by atoms with Gasteiger partial charge in [-0.25, -0.2) is 4.79 Å². The van der Waals surface area contributed by atoms with Crippen molar-refractivity contribution in [2.45, 2.75) is 18.9 Å². The van der Waals surface area contributed by atoms with Crippen molar-refractivity contribution in [3.8, 4) is 0 Å². The summed E-state index contributed by atoms with van der Waals surface area (Å²) in [6, 6.07) is 7.55. The number of hydrogen-bond donors (Lipinski definition) is 1. The monoisotopic (exact) mass is 304 g/mol. The van der Waals surface area contributed by atoms with E-state index < -0.39 is 5.97 Å². The zero-order valence-corrected chi connectivity index (χ0v) is 12.5. The molecule has 110 valence electrons. The number of carbonyl (C=O) groups excluding carboxylic acids is 2. The van der Waals surface area contributed by atoms with Crippen LogP contribution >= 0.6 is 11.3 Å². The number of benzene rings is 1. The predicted molar refractivity (Wildman–Crippen MR) is 82.3 cm³/mol. The summed E-state index contributed by atoms with van der Waals surface area (Å²) in [6.07, 6.45) is 2.07. The number of thiophene rings is 1. The van der Waals surface area contributed by atoms with Crippen molar-refractivity contribution in [1.29, 1.82) is 0 Å². The van der Waals surface area contributed by atoms with Gasteiger partial charge in [-0.1, -0.05) is 0 Å². The van der Waals surface area contributed by atoms with Crippen molar-refractivity contribution in [1.82, 2.24) is 4.90 Å². The van der Waals surface area contributed by atoms with E-state index in [1.54, 1.807) is 24.1 Å². The average molecular weight is 304 g/mol. The van der Waals surface area contributed by atoms with E-state index in [-0.39, 0.29) is 12.5 Å². The number of likely N-dealkylation sites (N-methyl/N-ethyl adjacent to an activating group) is 1. The summed E-state index contributed by atoms with van der Waals surface area (Å²) in [5, 5.41) is 0.911. The normalized spacial score (nSPS) is 14.1. The number of nitrogen functional groups attached to an aromatic ring is 1. The minimum Gasteiger partial charge on any atom is -0.451 e. The molecule has 1 saturated carbocycles. The van der Waals surface area contributed by atoms with Gasteiger partial charge in [0.25, 0.3) is 5.91 Å². The van der Waals surface area contributed by atoms with Crippen molar-refractivity contribution >= 4 is 39.0 Å². The molecule has 5 nitrogen and oxygen atoms in total. The Bertz CT molecular complexity index is 706. The number of esters is 1. The third kappa shape index (κ3) is 3.00. The van der Waals surface area contributed by atoms with Gasteiger partial charge in [-0.15, -0.1) is 11.3 Å². The third-order valence-electron chi connectivity index (χ3n) is 3.56. The number of rotatable bonds is 4. The lowest BCUT2D eigenvalue weighted by Gasteiger charge is -2.15. The second-order valence-corrected chi connectivity index (χ2v) is 6.30. The molecule has 6 heteroatoms. The van der Waals surface area contributed by atoms with Gasteiger partial charge in [-0.3, -0.25) is 4.79 Å². The molecule has 3 rings (SSSR count). The molecule has 1 aliphatic rings. The minimum atomic E-state index is -0.465. The van der Waals surface area contributed by atoms with Crippen LogP contribution in [0.5, 0.6) is 0 Å². The largest absolute Gasteiger partial charge is 0.451 e. The molecule has 0 bridgehead atoms. The van der Waals surface area contributed by atoms with Crippen LogP contribution < -0.4 is 5.73 Å². The number of anilines is 1. The van der Waals surface area contributed by atoms with Gasteiger partial charge >= 0.3 is 5.97 Å². The van der Waals surface area contributed by atoms with Crippen LogP contribution in [0.2, 0.25) is 0 Å². The van der Waals surface area contributed by atoms with Crippen molar-refractivity contribution in [3.63, 3.8) is 0 Å². The molecule has 0 saturated heterocycles. The van der Waals surface area contributed by atoms with Crippen molar-refractivity contribution in [2.24, 2.45) is 0 Å². The van der Waals surface area contributed by atoms with Gasteiger partial charge in [0.1, 0.15) is 4.88 Å². The van der Waals surface area contributed by atoms with E-state index in [0.29, 0.717) is 16.6 Å². The van der Waals surface area contributed by atoms with Gasteiger partial charge in [0.2, 0.25) is 0 Å². The predicted octanol–water partition coefficient (Wildman–Crippen LogP) is 2.26. The van der Waals surface area contributed by atoms with E-state index in [2.05, 4.69) is 0 Å². The van der Waals surface area contributed by atoms with Crippen molar-refractivity contribution in [2.75, 3.05) is 19.4 Å². The number of nitrogens with two attached hydrogens (primary N) is 1. The SMILES string of the molecule is CN(C(=O)COC(=O)c1cc2cc(N)ccc2s1)C1CC1. The van der Waals surface area contributed by atoms with E-state index in [1.807, 2.05) is 12.1 Å². The standard InChI is InChI=1S/C15H16N2O3S/c1-17(11-3-4-11)14(18)8-20-15(19)13-7-9-6-10(16)2-5-12(9)21-13/h2,5-7,11H,3-4,8,16H2,1H3. The third-order valence-corrected chi connectivity index (χ3v) is 4.65. The molecular formula is C15H16N2O3S. The maximum absolute atomic E-state index is 12.0. The zero-order valence-electron chi connectivity index (χ0n) is 11.7. The summed E-state index contributed by atoms with van der Waals surface area (Å²) in [7, 11) is 1.75. The summed E-state index contributed by atoms with van der Waals surface area (Å²) < 4.78 is 6.07. The molecule has 0 atom stereocenters. The highest BCUT2D eigenvalue weighted by molar-refractivity contribution is 7.20. The van der Waals surface area contributed by atoms with Crippen LogP contribution in [0.3, 0.4) is 0 Å². The Morgan fingerprint density at radius 2 is 2.14 bits per heavy atom. The first-order chi connectivity index (χ1) is 10.0. The van der Waals surface area contributed by atoms with Gasteiger partial charge in [-0.2, -0.15) is 0 Å². The molecule has 1 heterocycles. The fourth-order valence-corrected chi connectivity index (χ4v) is 3.06. The molecule has 2 N–H and O–H groups in total. The van der Waals surface area contributed by atoms with Gasteiger partial charge in [-0.05, 0) is 42.5 Å². The fourth-order valence-electron chi connectivity index (χ4n) is 2.13. The number of nitrogens with zero attached hydrogens (tertiary/aromatic N) is 1. The molecule has 0 spiro atoms. The maximum atomic E-state index is 12.0. The average Bonchev–Trinajstić information content (AvgIpc) is 3.23. The van der Waals surface area contributed by atoms with Crippen molar-refractivity contribution < 1.29 is 14.3 Å². The summed E-state index contributed by atoms with van der Waals surface area (Å²) in [4.78, 5) is 25.9. The lowest BCUT2D eigenvalue weighted by molar-refractivity contribution is -0.133. The first-order valence-electron chi connectivity index (χ1n) is 6.76. The molecule has 0 unspecified atom stereocenters. The number of amides is 1. The highest BCUT2D eigenvalue weighted by atomic mass is 32.1. The van der Waals surface area contributed by atoms with Crippen LogP contribution in [-0.2, 0) is 9.53 Å². The highest BCUT2D eigenvalue weighted by Crippen LogP contribution is 2.28. The van der Waals surface area contributed by atoms with Gasteiger partial charge in [0.05, 0.1) is 0 Å². The Balaban J connectivity index is 1.64. The summed E-state index contributed by atoms with van der Waals surface area (Å²) in [6.45, 7) is -0.206. The Kier molecular flexibility index (Phi) is 3.55. The molecule has 1 aromatic carbocycles. The molecular weight excluding hydrogens is 288 g/mol. The summed E-state index contributed by atoms with van der Waals surface area (Å²) >= 11 is 1.34. The number of ether oxygens (including phenoxy) is 1. The van der Waals surface area contributed by atoms with Crippen LogP contribution in [0.4, 0.5) is 5.69 Å². The Labute approximate surface area is 126 Å². The molecule has 0 aliphatic heterocycles. The molecule has 1 amide bonds. The second kappa shape index (κ2) is 5.37. The quantitative estimate of drug-likeness (QED) is 0.694. The van der Waals surface area contributed by atoms with Crippen LogP contribution in [0.25, 0.3) is 10.1 Å². The van der Waals surface area contributed by atoms with Crippen molar-refractivity contribution in [3.05, 3.63) is 29.1 Å². The lowest BCUT2D eigenvalue weighted by atomic mass is 10.2. The molecule has 0 radical (unpaired) electrons. The fraction of sp³-hybridized carbons (Fsp3) is 0.333. The highest BCUT2D eigenvalue weighted by Gasteiger charge is 2.30. The minimum absolute atomic E-state index is 0.156. The summed E-state index contributed by atoms with van der Waals surface area (Å²) in [5.74, 6) is -0.622. The van der Waals surface area contributed by atoms with Crippen LogP contribution in [0.15, 0.2) is 24.3 Å². The Morgan fingerprint density at radius 1 is 1.38 bits per heavy atom. The first kappa shape index (κ1) is 13.9. The Hall–Kier alpha value is -2.08. The second-order valence-electron chi connectivity index (χ2n) is 5.22. The van der Waals surface area contributed by atoms with E-state index >= 15 is 0 Å². The van der Waals surface area contributed by atoms with Gasteiger partial charge < -0.3 is 15.4 Å². The lowest BCUT2D eigenvalue weighted by Crippen LogP contribution is -2.32. The van der Waals surface area contributed by atoms with E-state index in [4.69, 9.17) is 10.5 Å². The van der Waals surface area contributed by atoms with E-state index in [9.17, 15) is 9.59 Å². The topological polar surface area (TPSA) is 72.6 Å². The van der Waals surface area contributed by atoms with Crippen LogP contribution in [0.1, 0.15) is 22.5 Å². The first-order valence-corrected chi connectivity index (χ1v) is 7.58. The molecule has 1 aromatic heterocycles. The van der Waals surface area contributed by atoms with E-state index in [1.165, 1.54) is 11.3 Å². The van der Waals surface area contributed by atoms with Crippen LogP contribution in [-0.4, -0.2) is 36.5 Å². The van der Waals surface area contributed by atoms with Crippen LogP contribution in [0, 0.1) is 0 Å². The molecule has 2 aromatic rings. The van der Waals surface area contributed by atoms with E-state index in [0.717, 1.165) is 22.9 Å². The number of fused-ring (bicyclic) bond motifs is 1. The molecule has 1 aliphatic carbocycles. The molecule has 21 heavy (non-hydrogen) atoms. The smallest absolute Gasteiger partial charge is 0.348 e. The Morgan fingerprint density at radius 3 is 2.86 bits per heavy atom. The number of carbonyl (C=O) groups is 2. The maximum Gasteiger partial charge on any atom is 0.348 e. The summed E-state index contributed by atoms with van der Waals surface area (Å²) in [5.41, 5.74) is 6.37.